The first-order chi connectivity index (χ1) is 12.1. The number of hydrogen-bond acceptors (Lipinski definition) is 3. The second kappa shape index (κ2) is 7.26. The van der Waals surface area contributed by atoms with E-state index in [0.717, 1.165) is 22.1 Å². The molecule has 128 valence electrons. The normalized spacial score (nSPS) is 11.8. The molecule has 0 spiro atoms. The Morgan fingerprint density at radius 3 is 2.40 bits per heavy atom. The van der Waals surface area contributed by atoms with Crippen LogP contribution in [0.15, 0.2) is 60.7 Å². The van der Waals surface area contributed by atoms with E-state index >= 15 is 0 Å². The van der Waals surface area contributed by atoms with Crippen LogP contribution in [0.25, 0.3) is 10.8 Å². The maximum absolute atomic E-state index is 12.6. The van der Waals surface area contributed by atoms with E-state index in [1.807, 2.05) is 67.6 Å². The van der Waals surface area contributed by atoms with Crippen LogP contribution in [0, 0.1) is 0 Å². The fraction of sp³-hybridized carbons (Fsp3) is 0.190. The second-order valence-corrected chi connectivity index (χ2v) is 5.88. The molecule has 3 aromatic carbocycles. The van der Waals surface area contributed by atoms with Crippen molar-refractivity contribution < 1.29 is 14.3 Å². The summed E-state index contributed by atoms with van der Waals surface area (Å²) in [7, 11) is 3.24. The number of nitrogens with one attached hydrogen (secondary N) is 1. The lowest BCUT2D eigenvalue weighted by Crippen LogP contribution is -2.19. The van der Waals surface area contributed by atoms with Crippen molar-refractivity contribution >= 4 is 22.4 Å². The topological polar surface area (TPSA) is 47.6 Å². The summed E-state index contributed by atoms with van der Waals surface area (Å²) in [5, 5.41) is 5.10. The van der Waals surface area contributed by atoms with Gasteiger partial charge < -0.3 is 14.8 Å². The summed E-state index contributed by atoms with van der Waals surface area (Å²) in [6.07, 6.45) is 0. The van der Waals surface area contributed by atoms with E-state index in [1.54, 1.807) is 14.2 Å². The predicted molar refractivity (Wildman–Crippen MR) is 101 cm³/mol. The van der Waals surface area contributed by atoms with E-state index in [2.05, 4.69) is 5.32 Å². The number of rotatable bonds is 5. The standard InChI is InChI=1S/C21H21NO3/c1-14(21(23)22-19-6-4-5-7-20(19)25-3)15-8-9-17-13-18(24-2)11-10-16(17)12-15/h4-14H,1-3H3,(H,22,23)/t14-/m0/s1. The molecule has 3 aromatic rings. The quantitative estimate of drug-likeness (QED) is 0.741. The van der Waals surface area contributed by atoms with Gasteiger partial charge in [0.1, 0.15) is 11.5 Å². The highest BCUT2D eigenvalue weighted by molar-refractivity contribution is 5.97. The number of benzene rings is 3. The lowest BCUT2D eigenvalue weighted by molar-refractivity contribution is -0.117. The Kier molecular flexibility index (Phi) is 4.89. The van der Waals surface area contributed by atoms with Gasteiger partial charge in [0, 0.05) is 0 Å². The molecule has 0 aliphatic carbocycles. The van der Waals surface area contributed by atoms with Crippen LogP contribution in [0.2, 0.25) is 0 Å². The molecule has 0 heterocycles. The highest BCUT2D eigenvalue weighted by atomic mass is 16.5. The van der Waals surface area contributed by atoms with Gasteiger partial charge in [-0.1, -0.05) is 36.4 Å². The van der Waals surface area contributed by atoms with Crippen LogP contribution < -0.4 is 14.8 Å². The Hall–Kier alpha value is -3.01. The zero-order valence-corrected chi connectivity index (χ0v) is 14.6. The lowest BCUT2D eigenvalue weighted by atomic mass is 9.97. The maximum Gasteiger partial charge on any atom is 0.231 e. The molecule has 0 unspecified atom stereocenters. The number of ether oxygens (including phenoxy) is 2. The highest BCUT2D eigenvalue weighted by Gasteiger charge is 2.17. The van der Waals surface area contributed by atoms with Gasteiger partial charge in [-0.05, 0) is 47.5 Å². The summed E-state index contributed by atoms with van der Waals surface area (Å²) in [6.45, 7) is 1.90. The Bertz CT molecular complexity index is 905. The van der Waals surface area contributed by atoms with Crippen molar-refractivity contribution in [2.24, 2.45) is 0 Å². The smallest absolute Gasteiger partial charge is 0.231 e. The zero-order chi connectivity index (χ0) is 17.8. The molecule has 0 bridgehead atoms. The van der Waals surface area contributed by atoms with E-state index in [-0.39, 0.29) is 11.8 Å². The van der Waals surface area contributed by atoms with Crippen molar-refractivity contribution in [3.63, 3.8) is 0 Å². The molecule has 0 aliphatic heterocycles. The van der Waals surface area contributed by atoms with Gasteiger partial charge in [0.15, 0.2) is 0 Å². The van der Waals surface area contributed by atoms with Gasteiger partial charge >= 0.3 is 0 Å². The number of hydrogen-bond donors (Lipinski definition) is 1. The number of amides is 1. The minimum Gasteiger partial charge on any atom is -0.497 e. The summed E-state index contributed by atoms with van der Waals surface area (Å²) < 4.78 is 10.5. The van der Waals surface area contributed by atoms with Crippen LogP contribution in [0.1, 0.15) is 18.4 Å². The number of para-hydroxylation sites is 2. The molecule has 0 radical (unpaired) electrons. The monoisotopic (exact) mass is 335 g/mol. The van der Waals surface area contributed by atoms with Crippen LogP contribution in [-0.2, 0) is 4.79 Å². The average Bonchev–Trinajstić information content (AvgIpc) is 2.66. The molecule has 4 heteroatoms. The molecule has 0 saturated carbocycles. The predicted octanol–water partition coefficient (Wildman–Crippen LogP) is 4.60. The summed E-state index contributed by atoms with van der Waals surface area (Å²) in [6, 6.07) is 19.3. The SMILES string of the molecule is COc1ccc2cc([C@H](C)C(=O)Nc3ccccc3OC)ccc2c1. The fourth-order valence-corrected chi connectivity index (χ4v) is 2.78. The van der Waals surface area contributed by atoms with Gasteiger partial charge in [0.05, 0.1) is 25.8 Å². The summed E-state index contributed by atoms with van der Waals surface area (Å²) in [5.41, 5.74) is 1.64. The summed E-state index contributed by atoms with van der Waals surface area (Å²) >= 11 is 0. The summed E-state index contributed by atoms with van der Waals surface area (Å²) in [4.78, 5) is 12.6. The van der Waals surface area contributed by atoms with Crippen molar-refractivity contribution in [1.29, 1.82) is 0 Å². The fourth-order valence-electron chi connectivity index (χ4n) is 2.78. The molecule has 1 N–H and O–H groups in total. The number of carbonyl (C=O) groups is 1. The Morgan fingerprint density at radius 1 is 0.920 bits per heavy atom. The van der Waals surface area contributed by atoms with E-state index in [4.69, 9.17) is 9.47 Å². The first kappa shape index (κ1) is 16.8. The molecular weight excluding hydrogens is 314 g/mol. The number of fused-ring (bicyclic) bond motifs is 1. The van der Waals surface area contributed by atoms with Crippen molar-refractivity contribution in [3.8, 4) is 11.5 Å². The molecule has 0 aliphatic rings. The molecule has 0 fully saturated rings. The number of methoxy groups -OCH3 is 2. The Morgan fingerprint density at radius 2 is 1.64 bits per heavy atom. The van der Waals surface area contributed by atoms with Crippen LogP contribution >= 0.6 is 0 Å². The first-order valence-corrected chi connectivity index (χ1v) is 8.14. The molecule has 0 saturated heterocycles. The minimum absolute atomic E-state index is 0.0719. The largest absolute Gasteiger partial charge is 0.497 e. The van der Waals surface area contributed by atoms with Gasteiger partial charge in [-0.25, -0.2) is 0 Å². The van der Waals surface area contributed by atoms with Crippen LogP contribution in [-0.4, -0.2) is 20.1 Å². The molecule has 1 atom stereocenters. The van der Waals surface area contributed by atoms with Crippen molar-refractivity contribution in [3.05, 3.63) is 66.2 Å². The molecular formula is C21H21NO3. The van der Waals surface area contributed by atoms with Gasteiger partial charge in [0.25, 0.3) is 0 Å². The van der Waals surface area contributed by atoms with Gasteiger partial charge in [-0.3, -0.25) is 4.79 Å². The lowest BCUT2D eigenvalue weighted by Gasteiger charge is -2.15. The van der Waals surface area contributed by atoms with E-state index in [9.17, 15) is 4.79 Å². The molecule has 4 nitrogen and oxygen atoms in total. The van der Waals surface area contributed by atoms with E-state index < -0.39 is 0 Å². The van der Waals surface area contributed by atoms with Crippen molar-refractivity contribution in [2.45, 2.75) is 12.8 Å². The average molecular weight is 335 g/mol. The van der Waals surface area contributed by atoms with Crippen LogP contribution in [0.5, 0.6) is 11.5 Å². The molecule has 0 aromatic heterocycles. The van der Waals surface area contributed by atoms with Gasteiger partial charge in [-0.2, -0.15) is 0 Å². The third-order valence-electron chi connectivity index (χ3n) is 4.33. The van der Waals surface area contributed by atoms with Gasteiger partial charge in [0.2, 0.25) is 5.91 Å². The molecule has 25 heavy (non-hydrogen) atoms. The van der Waals surface area contributed by atoms with Crippen molar-refractivity contribution in [1.82, 2.24) is 0 Å². The van der Waals surface area contributed by atoms with E-state index in [0.29, 0.717) is 11.4 Å². The molecule has 3 rings (SSSR count). The summed E-state index contributed by atoms with van der Waals surface area (Å²) in [5.74, 6) is 1.12. The number of anilines is 1. The second-order valence-electron chi connectivity index (χ2n) is 5.88. The van der Waals surface area contributed by atoms with E-state index in [1.165, 1.54) is 0 Å². The maximum atomic E-state index is 12.6. The molecule has 1 amide bonds. The van der Waals surface area contributed by atoms with Gasteiger partial charge in [-0.15, -0.1) is 0 Å². The minimum atomic E-state index is -0.281. The van der Waals surface area contributed by atoms with Crippen LogP contribution in [0.4, 0.5) is 5.69 Å². The zero-order valence-electron chi connectivity index (χ0n) is 14.6. The Labute approximate surface area is 147 Å². The van der Waals surface area contributed by atoms with Crippen molar-refractivity contribution in [2.75, 3.05) is 19.5 Å². The highest BCUT2D eigenvalue weighted by Crippen LogP contribution is 2.28. The number of carbonyl (C=O) groups excluding carboxylic acids is 1. The third-order valence-corrected chi connectivity index (χ3v) is 4.33. The Balaban J connectivity index is 1.83. The first-order valence-electron chi connectivity index (χ1n) is 8.14. The third kappa shape index (κ3) is 3.58. The van der Waals surface area contributed by atoms with Crippen LogP contribution in [0.3, 0.4) is 0 Å².